The molecule has 3 heterocycles. The third-order valence-corrected chi connectivity index (χ3v) is 4.92. The molecule has 0 radical (unpaired) electrons. The van der Waals surface area contributed by atoms with Crippen LogP contribution in [0.15, 0.2) is 30.5 Å². The lowest BCUT2D eigenvalue weighted by atomic mass is 10.1. The number of nitrogens with zero attached hydrogens (tertiary/aromatic N) is 4. The number of piperidine rings is 1. The van der Waals surface area contributed by atoms with E-state index < -0.39 is 0 Å². The second kappa shape index (κ2) is 8.49. The Kier molecular flexibility index (Phi) is 6.05. The van der Waals surface area contributed by atoms with Crippen LogP contribution in [0.25, 0.3) is 0 Å². The van der Waals surface area contributed by atoms with Gasteiger partial charge in [-0.05, 0) is 38.1 Å². The van der Waals surface area contributed by atoms with Crippen LogP contribution in [0.2, 0.25) is 0 Å². The Hall–Kier alpha value is -2.78. The minimum atomic E-state index is -0.369. The van der Waals surface area contributed by atoms with E-state index in [0.717, 1.165) is 30.8 Å². The van der Waals surface area contributed by atoms with Crippen molar-refractivity contribution in [1.82, 2.24) is 30.5 Å². The monoisotopic (exact) mass is 404 g/mol. The van der Waals surface area contributed by atoms with Crippen molar-refractivity contribution in [2.24, 2.45) is 0 Å². The first kappa shape index (κ1) is 20.0. The Morgan fingerprint density at radius 3 is 2.43 bits per heavy atom. The van der Waals surface area contributed by atoms with Crippen LogP contribution >= 0.6 is 12.4 Å². The normalized spacial score (nSPS) is 16.6. The summed E-state index contributed by atoms with van der Waals surface area (Å²) in [6.07, 6.45) is 3.54. The van der Waals surface area contributed by atoms with Gasteiger partial charge in [-0.25, -0.2) is 4.68 Å². The minimum Gasteiger partial charge on any atom is -0.349 e. The summed E-state index contributed by atoms with van der Waals surface area (Å²) >= 11 is 0. The molecule has 0 bridgehead atoms. The molecule has 28 heavy (non-hydrogen) atoms. The summed E-state index contributed by atoms with van der Waals surface area (Å²) < 4.78 is 1.74. The van der Waals surface area contributed by atoms with E-state index in [9.17, 15) is 14.4 Å². The highest BCUT2D eigenvalue weighted by molar-refractivity contribution is 6.21. The molecule has 10 heteroatoms. The van der Waals surface area contributed by atoms with Gasteiger partial charge in [0, 0.05) is 13.1 Å². The fourth-order valence-electron chi connectivity index (χ4n) is 3.44. The zero-order chi connectivity index (χ0) is 18.8. The number of hydrogen-bond donors (Lipinski definition) is 2. The number of benzene rings is 1. The minimum absolute atomic E-state index is 0. The Morgan fingerprint density at radius 1 is 1.14 bits per heavy atom. The van der Waals surface area contributed by atoms with Crippen LogP contribution in [0.1, 0.15) is 50.1 Å². The summed E-state index contributed by atoms with van der Waals surface area (Å²) in [6.45, 7) is 2.11. The van der Waals surface area contributed by atoms with Crippen molar-refractivity contribution in [2.45, 2.75) is 18.9 Å². The number of carbonyl (C=O) groups excluding carboxylic acids is 3. The van der Waals surface area contributed by atoms with Crippen LogP contribution in [-0.2, 0) is 0 Å². The summed E-state index contributed by atoms with van der Waals surface area (Å²) in [5, 5.41) is 14.0. The highest BCUT2D eigenvalue weighted by Crippen LogP contribution is 2.21. The third kappa shape index (κ3) is 3.76. The van der Waals surface area contributed by atoms with Crippen molar-refractivity contribution in [2.75, 3.05) is 26.2 Å². The number of nitrogens with one attached hydrogen (secondary N) is 2. The molecule has 3 amide bonds. The van der Waals surface area contributed by atoms with Crippen LogP contribution in [0, 0.1) is 0 Å². The summed E-state index contributed by atoms with van der Waals surface area (Å²) in [5.41, 5.74) is 1.04. The van der Waals surface area contributed by atoms with Crippen molar-refractivity contribution in [3.63, 3.8) is 0 Å². The maximum Gasteiger partial charge on any atom is 0.273 e. The molecule has 2 aliphatic heterocycles. The number of rotatable bonds is 5. The van der Waals surface area contributed by atoms with Crippen molar-refractivity contribution in [1.29, 1.82) is 0 Å². The Labute approximate surface area is 167 Å². The second-order valence-electron chi connectivity index (χ2n) is 6.63. The zero-order valence-corrected chi connectivity index (χ0v) is 15.9. The van der Waals surface area contributed by atoms with E-state index in [1.807, 2.05) is 0 Å². The van der Waals surface area contributed by atoms with Gasteiger partial charge in [0.2, 0.25) is 0 Å². The van der Waals surface area contributed by atoms with Gasteiger partial charge in [-0.3, -0.25) is 19.3 Å². The Balaban J connectivity index is 0.00000225. The fraction of sp³-hybridized carbons (Fsp3) is 0.389. The van der Waals surface area contributed by atoms with Crippen LogP contribution < -0.4 is 10.6 Å². The van der Waals surface area contributed by atoms with Crippen molar-refractivity contribution in [3.05, 3.63) is 47.3 Å². The number of hydrogen-bond acceptors (Lipinski definition) is 6. The SMILES string of the molecule is Cl.O=C(NCCN1C(=O)c2ccccc2C1=O)c1cn(C2CCNCC2)nn1. The van der Waals surface area contributed by atoms with Crippen LogP contribution in [0.4, 0.5) is 0 Å². The standard InChI is InChI=1S/C18H20N6O3.ClH/c25-16(15-11-24(22-21-15)12-5-7-19-8-6-12)20-9-10-23-17(26)13-3-1-2-4-14(13)18(23)27;/h1-4,11-12,19H,5-10H2,(H,20,25);1H. The quantitative estimate of drug-likeness (QED) is 0.708. The number of fused-ring (bicyclic) bond motifs is 1. The fourth-order valence-corrected chi connectivity index (χ4v) is 3.44. The number of amides is 3. The average Bonchev–Trinajstić information content (AvgIpc) is 3.29. The molecule has 0 atom stereocenters. The van der Waals surface area contributed by atoms with Gasteiger partial charge in [-0.15, -0.1) is 17.5 Å². The molecule has 0 saturated carbocycles. The summed E-state index contributed by atoms with van der Waals surface area (Å²) in [4.78, 5) is 38.0. The Morgan fingerprint density at radius 2 is 1.79 bits per heavy atom. The van der Waals surface area contributed by atoms with E-state index in [0.29, 0.717) is 11.1 Å². The first-order valence-corrected chi connectivity index (χ1v) is 9.01. The predicted octanol–water partition coefficient (Wildman–Crippen LogP) is 0.650. The van der Waals surface area contributed by atoms with Crippen molar-refractivity contribution >= 4 is 30.1 Å². The zero-order valence-electron chi connectivity index (χ0n) is 15.1. The van der Waals surface area contributed by atoms with Gasteiger partial charge < -0.3 is 10.6 Å². The number of aromatic nitrogens is 3. The molecule has 0 unspecified atom stereocenters. The highest BCUT2D eigenvalue weighted by atomic mass is 35.5. The van der Waals surface area contributed by atoms with Gasteiger partial charge in [0.15, 0.2) is 5.69 Å². The van der Waals surface area contributed by atoms with E-state index >= 15 is 0 Å². The molecular weight excluding hydrogens is 384 g/mol. The smallest absolute Gasteiger partial charge is 0.273 e. The second-order valence-corrected chi connectivity index (χ2v) is 6.63. The third-order valence-electron chi connectivity index (χ3n) is 4.92. The molecule has 1 fully saturated rings. The van der Waals surface area contributed by atoms with E-state index in [4.69, 9.17) is 0 Å². The maximum absolute atomic E-state index is 12.3. The summed E-state index contributed by atoms with van der Waals surface area (Å²) in [7, 11) is 0. The molecule has 9 nitrogen and oxygen atoms in total. The average molecular weight is 405 g/mol. The first-order valence-electron chi connectivity index (χ1n) is 9.01. The number of imide groups is 1. The number of halogens is 1. The lowest BCUT2D eigenvalue weighted by Gasteiger charge is -2.22. The molecule has 0 aliphatic carbocycles. The van der Waals surface area contributed by atoms with Gasteiger partial charge in [0.25, 0.3) is 17.7 Å². The van der Waals surface area contributed by atoms with Crippen LogP contribution in [0.3, 0.4) is 0 Å². The van der Waals surface area contributed by atoms with E-state index in [1.54, 1.807) is 35.1 Å². The summed E-state index contributed by atoms with van der Waals surface area (Å²) in [5.74, 6) is -1.03. The molecule has 1 aromatic heterocycles. The van der Waals surface area contributed by atoms with E-state index in [-0.39, 0.29) is 55.0 Å². The Bertz CT molecular complexity index is 858. The molecule has 148 valence electrons. The molecule has 2 aromatic rings. The van der Waals surface area contributed by atoms with Crippen molar-refractivity contribution < 1.29 is 14.4 Å². The molecule has 1 saturated heterocycles. The molecular formula is C18H21ClN6O3. The van der Waals surface area contributed by atoms with Gasteiger partial charge in [0.1, 0.15) is 0 Å². The first-order chi connectivity index (χ1) is 13.1. The van der Waals surface area contributed by atoms with Crippen molar-refractivity contribution in [3.8, 4) is 0 Å². The lowest BCUT2D eigenvalue weighted by molar-refractivity contribution is 0.0649. The molecule has 4 rings (SSSR count). The van der Waals surface area contributed by atoms with Gasteiger partial charge in [0.05, 0.1) is 23.4 Å². The maximum atomic E-state index is 12.3. The summed E-state index contributed by atoms with van der Waals surface area (Å²) in [6, 6.07) is 6.96. The predicted molar refractivity (Wildman–Crippen MR) is 103 cm³/mol. The van der Waals surface area contributed by atoms with Crippen LogP contribution in [-0.4, -0.2) is 63.8 Å². The van der Waals surface area contributed by atoms with Gasteiger partial charge in [-0.1, -0.05) is 17.3 Å². The number of carbonyl (C=O) groups is 3. The topological polar surface area (TPSA) is 109 Å². The lowest BCUT2D eigenvalue weighted by Crippen LogP contribution is -2.38. The molecule has 1 aromatic carbocycles. The van der Waals surface area contributed by atoms with Gasteiger partial charge >= 0.3 is 0 Å². The molecule has 2 N–H and O–H groups in total. The van der Waals surface area contributed by atoms with E-state index in [2.05, 4.69) is 20.9 Å². The highest BCUT2D eigenvalue weighted by Gasteiger charge is 2.34. The van der Waals surface area contributed by atoms with Gasteiger partial charge in [-0.2, -0.15) is 0 Å². The van der Waals surface area contributed by atoms with Crippen LogP contribution in [0.5, 0.6) is 0 Å². The molecule has 2 aliphatic rings. The van der Waals surface area contributed by atoms with E-state index in [1.165, 1.54) is 0 Å². The molecule has 0 spiro atoms. The largest absolute Gasteiger partial charge is 0.349 e.